The van der Waals surface area contributed by atoms with E-state index in [-0.39, 0.29) is 12.2 Å². The number of carboxylic acid groups (broad SMARTS) is 1. The van der Waals surface area contributed by atoms with Crippen LogP contribution in [0.3, 0.4) is 0 Å². The molecule has 0 saturated heterocycles. The molecular weight excluding hydrogens is 500 g/mol. The first kappa shape index (κ1) is 31.4. The molecule has 0 aliphatic carbocycles. The molecule has 1 aromatic rings. The first-order valence-electron chi connectivity index (χ1n) is 11.6. The summed E-state index contributed by atoms with van der Waals surface area (Å²) in [5.74, 6) is -5.53. The molecule has 6 N–H and O–H groups in total. The van der Waals surface area contributed by atoms with Crippen LogP contribution in [0.4, 0.5) is 0 Å². The van der Waals surface area contributed by atoms with Crippen LogP contribution in [0.5, 0.6) is 5.75 Å². The van der Waals surface area contributed by atoms with Crippen LogP contribution in [0.1, 0.15) is 39.7 Å². The van der Waals surface area contributed by atoms with Gasteiger partial charge in [-0.2, -0.15) is 4.79 Å². The van der Waals surface area contributed by atoms with E-state index in [1.54, 1.807) is 26.0 Å². The fourth-order valence-corrected chi connectivity index (χ4v) is 3.32. The van der Waals surface area contributed by atoms with Gasteiger partial charge in [0.25, 0.3) is 5.78 Å². The summed E-state index contributed by atoms with van der Waals surface area (Å²) >= 11 is 0. The fraction of sp³-hybridized carbons (Fsp3) is 0.458. The molecule has 0 aliphatic heterocycles. The number of ketones is 1. The number of nitrogens with zero attached hydrogens (tertiary/aromatic N) is 2. The zero-order valence-electron chi connectivity index (χ0n) is 21.4. The number of amides is 4. The number of hydrogen-bond acceptors (Lipinski definition) is 7. The van der Waals surface area contributed by atoms with Crippen LogP contribution in [0.25, 0.3) is 5.53 Å². The molecule has 4 amide bonds. The quantitative estimate of drug-likeness (QED) is 0.0978. The molecule has 38 heavy (non-hydrogen) atoms. The fourth-order valence-electron chi connectivity index (χ4n) is 3.32. The lowest BCUT2D eigenvalue weighted by Crippen LogP contribution is -2.58. The van der Waals surface area contributed by atoms with E-state index in [4.69, 9.17) is 10.6 Å². The van der Waals surface area contributed by atoms with E-state index in [9.17, 15) is 33.9 Å². The summed E-state index contributed by atoms with van der Waals surface area (Å²) in [5.41, 5.74) is 9.15. The van der Waals surface area contributed by atoms with Gasteiger partial charge in [-0.05, 0) is 30.5 Å². The van der Waals surface area contributed by atoms with E-state index in [0.29, 0.717) is 11.8 Å². The maximum atomic E-state index is 13.0. The van der Waals surface area contributed by atoms with E-state index in [1.807, 2.05) is 0 Å². The summed E-state index contributed by atoms with van der Waals surface area (Å²) in [5, 5.41) is 28.1. The maximum absolute atomic E-state index is 13.0. The Morgan fingerprint density at radius 1 is 0.895 bits per heavy atom. The van der Waals surface area contributed by atoms with Crippen molar-refractivity contribution in [3.05, 3.63) is 35.4 Å². The number of Topliss-reactive ketones (excluding diaryl/α,β-unsaturated/α-hetero) is 1. The Labute approximate surface area is 218 Å². The molecule has 2 unspecified atom stereocenters. The van der Waals surface area contributed by atoms with Crippen molar-refractivity contribution in [3.8, 4) is 5.75 Å². The summed E-state index contributed by atoms with van der Waals surface area (Å²) in [7, 11) is 0. The molecule has 0 fully saturated rings. The molecule has 1 rings (SSSR count). The second-order valence-corrected chi connectivity index (χ2v) is 8.89. The van der Waals surface area contributed by atoms with Gasteiger partial charge in [0, 0.05) is 13.3 Å². The summed E-state index contributed by atoms with van der Waals surface area (Å²) < 4.78 is 0. The normalized spacial score (nSPS) is 13.6. The number of rotatable bonds is 14. The van der Waals surface area contributed by atoms with Crippen molar-refractivity contribution in [1.82, 2.24) is 21.3 Å². The van der Waals surface area contributed by atoms with Gasteiger partial charge in [-0.25, -0.2) is 0 Å². The van der Waals surface area contributed by atoms with Gasteiger partial charge < -0.3 is 37.0 Å². The highest BCUT2D eigenvalue weighted by Crippen LogP contribution is 2.12. The van der Waals surface area contributed by atoms with E-state index >= 15 is 0 Å². The summed E-state index contributed by atoms with van der Waals surface area (Å²) in [6, 6.07) is 1.10. The molecule has 0 radical (unpaired) electrons. The number of phenols is 1. The van der Waals surface area contributed by atoms with Crippen LogP contribution < -0.4 is 21.3 Å². The van der Waals surface area contributed by atoms with Crippen molar-refractivity contribution in [3.63, 3.8) is 0 Å². The Morgan fingerprint density at radius 3 is 2.00 bits per heavy atom. The van der Waals surface area contributed by atoms with Crippen molar-refractivity contribution in [2.75, 3.05) is 0 Å². The van der Waals surface area contributed by atoms with Gasteiger partial charge in [-0.1, -0.05) is 26.0 Å². The van der Waals surface area contributed by atoms with Crippen molar-refractivity contribution < 1.29 is 43.8 Å². The van der Waals surface area contributed by atoms with Gasteiger partial charge in [0.05, 0.1) is 6.42 Å². The van der Waals surface area contributed by atoms with Crippen molar-refractivity contribution >= 4 is 41.6 Å². The molecule has 0 saturated carbocycles. The Bertz CT molecular complexity index is 1100. The molecule has 0 aromatic heterocycles. The standard InChI is InChI=1S/C24H32N6O8/c1-12(2)21(30-23(37)18(28-14(4)31)9-15-5-7-16(32)8-6-15)24(38)27-13(3)22(36)29-17(10-20(34)35)19(33)11-26-25/h5-8,11-13,17-18,21,32H,9-10H2,1-4H3,(H,27,38)(H,28,31)(H,29,36)(H,30,37)(H,34,35)/t13-,17?,18?,21-/m0/s1. The molecule has 0 bridgehead atoms. The maximum Gasteiger partial charge on any atom is 0.325 e. The van der Waals surface area contributed by atoms with Gasteiger partial charge >= 0.3 is 12.2 Å². The number of phenolic OH excluding ortho intramolecular Hbond substituents is 1. The first-order chi connectivity index (χ1) is 17.7. The van der Waals surface area contributed by atoms with Gasteiger partial charge in [-0.15, -0.1) is 0 Å². The molecule has 4 atom stereocenters. The van der Waals surface area contributed by atoms with E-state index in [0.717, 1.165) is 0 Å². The molecule has 0 aliphatic rings. The lowest BCUT2D eigenvalue weighted by atomic mass is 10.0. The van der Waals surface area contributed by atoms with Crippen LogP contribution in [0.2, 0.25) is 0 Å². The minimum absolute atomic E-state index is 0.0316. The number of carbonyl (C=O) groups is 6. The second-order valence-electron chi connectivity index (χ2n) is 8.89. The molecule has 0 heterocycles. The molecule has 14 nitrogen and oxygen atoms in total. The highest BCUT2D eigenvalue weighted by Gasteiger charge is 2.32. The number of aliphatic carboxylic acids is 1. The third kappa shape index (κ3) is 10.6. The average Bonchev–Trinajstić information content (AvgIpc) is 2.82. The minimum Gasteiger partial charge on any atom is -0.508 e. The minimum atomic E-state index is -1.53. The highest BCUT2D eigenvalue weighted by molar-refractivity contribution is 6.28. The Kier molecular flexibility index (Phi) is 12.3. The Hall–Kier alpha value is -4.58. The third-order valence-electron chi connectivity index (χ3n) is 5.29. The zero-order chi connectivity index (χ0) is 29.0. The summed E-state index contributed by atoms with van der Waals surface area (Å²) in [6.07, 6.45) is -0.258. The molecular formula is C24H32N6O8. The number of hydrogen-bond donors (Lipinski definition) is 6. The molecule has 1 aromatic carbocycles. The lowest BCUT2D eigenvalue weighted by Gasteiger charge is -2.26. The SMILES string of the molecule is CC(=O)NC(Cc1ccc(O)cc1)C(=O)N[C@H](C(=O)N[C@@H](C)C(=O)NC(CC(=O)O)C(=O)C=[N+]=[N-])C(C)C. The largest absolute Gasteiger partial charge is 0.508 e. The number of carboxylic acids is 1. The molecule has 206 valence electrons. The first-order valence-corrected chi connectivity index (χ1v) is 11.6. The van der Waals surface area contributed by atoms with Crippen LogP contribution in [0.15, 0.2) is 24.3 Å². The van der Waals surface area contributed by atoms with Crippen LogP contribution in [-0.2, 0) is 35.2 Å². The van der Waals surface area contributed by atoms with Crippen LogP contribution in [0, 0.1) is 5.92 Å². The third-order valence-corrected chi connectivity index (χ3v) is 5.29. The van der Waals surface area contributed by atoms with Gasteiger partial charge in [-0.3, -0.25) is 28.8 Å². The van der Waals surface area contributed by atoms with Gasteiger partial charge in [0.15, 0.2) is 0 Å². The predicted octanol–water partition coefficient (Wildman–Crippen LogP) is -1.09. The monoisotopic (exact) mass is 532 g/mol. The van der Waals surface area contributed by atoms with Crippen molar-refractivity contribution in [2.24, 2.45) is 5.92 Å². The summed E-state index contributed by atoms with van der Waals surface area (Å²) in [6.45, 7) is 5.83. The zero-order valence-corrected chi connectivity index (χ0v) is 21.4. The second kappa shape index (κ2) is 14.9. The highest BCUT2D eigenvalue weighted by atomic mass is 16.4. The number of aromatic hydroxyl groups is 1. The molecule has 14 heteroatoms. The smallest absolute Gasteiger partial charge is 0.325 e. The van der Waals surface area contributed by atoms with Gasteiger partial charge in [0.1, 0.15) is 29.9 Å². The number of carbonyl (C=O) groups excluding carboxylic acids is 5. The van der Waals surface area contributed by atoms with Crippen molar-refractivity contribution in [1.29, 1.82) is 0 Å². The van der Waals surface area contributed by atoms with Crippen molar-refractivity contribution in [2.45, 2.75) is 64.7 Å². The van der Waals surface area contributed by atoms with Crippen LogP contribution in [-0.4, -0.2) is 80.8 Å². The number of nitrogens with one attached hydrogen (secondary N) is 4. The molecule has 0 spiro atoms. The topological polar surface area (TPSA) is 227 Å². The van der Waals surface area contributed by atoms with E-state index in [1.165, 1.54) is 26.0 Å². The number of benzene rings is 1. The lowest BCUT2D eigenvalue weighted by molar-refractivity contribution is -0.140. The Morgan fingerprint density at radius 2 is 1.50 bits per heavy atom. The summed E-state index contributed by atoms with van der Waals surface area (Å²) in [4.78, 5) is 75.6. The average molecular weight is 533 g/mol. The van der Waals surface area contributed by atoms with E-state index < -0.39 is 71.9 Å². The Balaban J connectivity index is 2.95. The van der Waals surface area contributed by atoms with Gasteiger partial charge in [0.2, 0.25) is 23.6 Å². The van der Waals surface area contributed by atoms with E-state index in [2.05, 4.69) is 26.1 Å². The predicted molar refractivity (Wildman–Crippen MR) is 133 cm³/mol. The van der Waals surface area contributed by atoms with Crippen LogP contribution >= 0.6 is 0 Å².